The molecule has 0 spiro atoms. The zero-order valence-electron chi connectivity index (χ0n) is 16.9. The van der Waals surface area contributed by atoms with Crippen molar-refractivity contribution in [2.24, 2.45) is 0 Å². The molecule has 4 aromatic heterocycles. The average Bonchev–Trinajstić information content (AvgIpc) is 3.60. The summed E-state index contributed by atoms with van der Waals surface area (Å²) in [5.41, 5.74) is 3.53. The van der Waals surface area contributed by atoms with E-state index in [-0.39, 0.29) is 6.04 Å². The van der Waals surface area contributed by atoms with E-state index in [1.807, 2.05) is 29.4 Å². The molecule has 0 N–H and O–H groups in total. The highest BCUT2D eigenvalue weighted by Gasteiger charge is 2.30. The van der Waals surface area contributed by atoms with Crippen molar-refractivity contribution in [2.45, 2.75) is 18.9 Å². The van der Waals surface area contributed by atoms with E-state index in [2.05, 4.69) is 10.2 Å². The summed E-state index contributed by atoms with van der Waals surface area (Å²) in [7, 11) is 0. The van der Waals surface area contributed by atoms with E-state index >= 15 is 0 Å². The highest BCUT2D eigenvalue weighted by atomic mass is 19.1. The molecule has 1 fully saturated rings. The first kappa shape index (κ1) is 18.7. The molecule has 0 bridgehead atoms. The number of hydrogen-bond donors (Lipinski definition) is 0. The highest BCUT2D eigenvalue weighted by Crippen LogP contribution is 2.37. The van der Waals surface area contributed by atoms with Crippen molar-refractivity contribution in [3.05, 3.63) is 84.8 Å². The van der Waals surface area contributed by atoms with Gasteiger partial charge in [0.1, 0.15) is 23.1 Å². The summed E-state index contributed by atoms with van der Waals surface area (Å²) in [4.78, 5) is 6.85. The maximum atomic E-state index is 14.5. The number of rotatable bonds is 4. The van der Waals surface area contributed by atoms with Crippen molar-refractivity contribution in [3.8, 4) is 16.8 Å². The van der Waals surface area contributed by atoms with Gasteiger partial charge in [0.2, 0.25) is 0 Å². The van der Waals surface area contributed by atoms with Gasteiger partial charge in [0.25, 0.3) is 0 Å². The van der Waals surface area contributed by atoms with Crippen LogP contribution in [-0.2, 0) is 0 Å². The first-order valence-electron chi connectivity index (χ1n) is 10.3. The molecule has 0 aliphatic carbocycles. The van der Waals surface area contributed by atoms with Gasteiger partial charge in [-0.3, -0.25) is 0 Å². The minimum absolute atomic E-state index is 0.274. The van der Waals surface area contributed by atoms with Crippen LogP contribution in [0.1, 0.15) is 24.4 Å². The summed E-state index contributed by atoms with van der Waals surface area (Å²) in [5, 5.41) is 8.84. The molecule has 5 aromatic rings. The Hall–Kier alpha value is -4.01. The Morgan fingerprint density at radius 2 is 1.97 bits per heavy atom. The van der Waals surface area contributed by atoms with Crippen molar-refractivity contribution >= 4 is 11.5 Å². The molecule has 1 saturated heterocycles. The van der Waals surface area contributed by atoms with Crippen LogP contribution in [0.5, 0.6) is 0 Å². The quantitative estimate of drug-likeness (QED) is 0.408. The van der Waals surface area contributed by atoms with Crippen LogP contribution in [0.4, 0.5) is 14.6 Å². The molecule has 9 heteroatoms. The van der Waals surface area contributed by atoms with Gasteiger partial charge in [0, 0.05) is 35.6 Å². The van der Waals surface area contributed by atoms with Gasteiger partial charge in [0.05, 0.1) is 31.0 Å². The Balaban J connectivity index is 1.39. The van der Waals surface area contributed by atoms with Crippen LogP contribution >= 0.6 is 0 Å². The van der Waals surface area contributed by atoms with Gasteiger partial charge in [-0.1, -0.05) is 0 Å². The second-order valence-electron chi connectivity index (χ2n) is 7.79. The van der Waals surface area contributed by atoms with Gasteiger partial charge in [-0.2, -0.15) is 10.2 Å². The lowest BCUT2D eigenvalue weighted by Crippen LogP contribution is -2.24. The summed E-state index contributed by atoms with van der Waals surface area (Å²) in [6.07, 6.45) is 12.0. The summed E-state index contributed by atoms with van der Waals surface area (Å²) in [6, 6.07) is 7.05. The Kier molecular flexibility index (Phi) is 4.27. The maximum absolute atomic E-state index is 14.5. The second kappa shape index (κ2) is 7.30. The molecule has 32 heavy (non-hydrogen) atoms. The van der Waals surface area contributed by atoms with E-state index in [0.717, 1.165) is 30.0 Å². The van der Waals surface area contributed by atoms with Crippen molar-refractivity contribution < 1.29 is 13.2 Å². The fourth-order valence-corrected chi connectivity index (χ4v) is 4.34. The van der Waals surface area contributed by atoms with Crippen LogP contribution in [0.25, 0.3) is 22.5 Å². The number of furan rings is 1. The molecule has 1 atom stereocenters. The Bertz CT molecular complexity index is 1410. The van der Waals surface area contributed by atoms with Crippen LogP contribution in [0, 0.1) is 11.6 Å². The number of aromatic nitrogens is 5. The van der Waals surface area contributed by atoms with Gasteiger partial charge in [0.15, 0.2) is 5.65 Å². The molecule has 160 valence electrons. The van der Waals surface area contributed by atoms with Gasteiger partial charge < -0.3 is 9.32 Å². The molecule has 1 aliphatic rings. The van der Waals surface area contributed by atoms with Crippen molar-refractivity contribution in [3.63, 3.8) is 0 Å². The molecule has 5 heterocycles. The number of anilines is 1. The molecular formula is C23H18F2N6O. The highest BCUT2D eigenvalue weighted by molar-refractivity contribution is 5.64. The van der Waals surface area contributed by atoms with E-state index in [0.29, 0.717) is 29.3 Å². The summed E-state index contributed by atoms with van der Waals surface area (Å²) in [5.74, 6) is -0.160. The maximum Gasteiger partial charge on any atom is 0.183 e. The normalized spacial score (nSPS) is 16.3. The predicted octanol–water partition coefficient (Wildman–Crippen LogP) is 4.79. The SMILES string of the molecule is Fc1ccc(F)c([C@@H]2CCCN2c2ccn3ncc(-n4cc(-c5ccoc5)cn4)c3n2)c1. The molecular weight excluding hydrogens is 414 g/mol. The Morgan fingerprint density at radius 3 is 2.84 bits per heavy atom. The molecule has 7 nitrogen and oxygen atoms in total. The number of halogens is 2. The van der Waals surface area contributed by atoms with E-state index in [4.69, 9.17) is 9.40 Å². The first-order valence-corrected chi connectivity index (χ1v) is 10.3. The monoisotopic (exact) mass is 432 g/mol. The second-order valence-corrected chi connectivity index (χ2v) is 7.79. The zero-order chi connectivity index (χ0) is 21.7. The van der Waals surface area contributed by atoms with E-state index in [1.54, 1.807) is 34.1 Å². The minimum Gasteiger partial charge on any atom is -0.472 e. The third kappa shape index (κ3) is 3.05. The lowest BCUT2D eigenvalue weighted by atomic mass is 10.0. The van der Waals surface area contributed by atoms with E-state index in [9.17, 15) is 8.78 Å². The van der Waals surface area contributed by atoms with Gasteiger partial charge >= 0.3 is 0 Å². The number of nitrogens with zero attached hydrogens (tertiary/aromatic N) is 6. The largest absolute Gasteiger partial charge is 0.472 e. The molecule has 0 amide bonds. The molecule has 6 rings (SSSR count). The lowest BCUT2D eigenvalue weighted by Gasteiger charge is -2.26. The summed E-state index contributed by atoms with van der Waals surface area (Å²) in [6.45, 7) is 0.708. The number of hydrogen-bond acceptors (Lipinski definition) is 5. The molecule has 0 saturated carbocycles. The van der Waals surface area contributed by atoms with Crippen LogP contribution in [-0.4, -0.2) is 30.9 Å². The molecule has 1 aromatic carbocycles. The van der Waals surface area contributed by atoms with Crippen LogP contribution in [0.15, 0.2) is 72.1 Å². The minimum atomic E-state index is -0.443. The predicted molar refractivity (Wildman–Crippen MR) is 113 cm³/mol. The van der Waals surface area contributed by atoms with Crippen LogP contribution < -0.4 is 4.90 Å². The fraction of sp³-hybridized carbons (Fsp3) is 0.174. The Labute approximate surface area is 181 Å². The summed E-state index contributed by atoms with van der Waals surface area (Å²) >= 11 is 0. The van der Waals surface area contributed by atoms with E-state index in [1.165, 1.54) is 12.1 Å². The fourth-order valence-electron chi connectivity index (χ4n) is 4.34. The van der Waals surface area contributed by atoms with Gasteiger partial charge in [-0.25, -0.2) is 23.0 Å². The van der Waals surface area contributed by atoms with Gasteiger partial charge in [-0.05, 0) is 43.2 Å². The average molecular weight is 432 g/mol. The first-order chi connectivity index (χ1) is 15.7. The summed E-state index contributed by atoms with van der Waals surface area (Å²) < 4.78 is 36.8. The van der Waals surface area contributed by atoms with Crippen molar-refractivity contribution in [2.75, 3.05) is 11.4 Å². The van der Waals surface area contributed by atoms with Crippen LogP contribution in [0.2, 0.25) is 0 Å². The van der Waals surface area contributed by atoms with Gasteiger partial charge in [-0.15, -0.1) is 0 Å². The zero-order valence-corrected chi connectivity index (χ0v) is 16.9. The topological polar surface area (TPSA) is 64.4 Å². The Morgan fingerprint density at radius 1 is 1.03 bits per heavy atom. The van der Waals surface area contributed by atoms with E-state index < -0.39 is 11.6 Å². The number of fused-ring (bicyclic) bond motifs is 1. The third-order valence-corrected chi connectivity index (χ3v) is 5.88. The molecule has 0 radical (unpaired) electrons. The molecule has 0 unspecified atom stereocenters. The van der Waals surface area contributed by atoms with Crippen LogP contribution in [0.3, 0.4) is 0 Å². The van der Waals surface area contributed by atoms with Crippen molar-refractivity contribution in [1.29, 1.82) is 0 Å². The lowest BCUT2D eigenvalue weighted by molar-refractivity contribution is 0.560. The third-order valence-electron chi connectivity index (χ3n) is 5.88. The smallest absolute Gasteiger partial charge is 0.183 e. The van der Waals surface area contributed by atoms with Crippen molar-refractivity contribution in [1.82, 2.24) is 24.4 Å². The molecule has 1 aliphatic heterocycles. The number of benzene rings is 1. The standard InChI is InChI=1S/C23H18F2N6O/c24-17-3-4-19(25)18(10-17)20-2-1-7-29(20)22-5-8-30-23(28-22)21(12-27-30)31-13-16(11-26-31)15-6-9-32-14-15/h3-6,8-14,20H,1-2,7H2/t20-/m0/s1.